The number of carbonyl (C=O) groups excluding carboxylic acids is 1. The van der Waals surface area contributed by atoms with Gasteiger partial charge in [0.05, 0.1) is 11.4 Å². The molecule has 0 bridgehead atoms. The van der Waals surface area contributed by atoms with Gasteiger partial charge in [0.2, 0.25) is 20.0 Å². The van der Waals surface area contributed by atoms with E-state index in [2.05, 4.69) is 10.0 Å². The van der Waals surface area contributed by atoms with Crippen molar-refractivity contribution in [1.29, 1.82) is 0 Å². The lowest BCUT2D eigenvalue weighted by Gasteiger charge is -2.25. The zero-order chi connectivity index (χ0) is 23.5. The van der Waals surface area contributed by atoms with Gasteiger partial charge in [0.1, 0.15) is 10.6 Å². The summed E-state index contributed by atoms with van der Waals surface area (Å²) in [5.41, 5.74) is 1.58. The van der Waals surface area contributed by atoms with E-state index >= 15 is 0 Å². The van der Waals surface area contributed by atoms with Gasteiger partial charge in [-0.2, -0.15) is 4.31 Å². The Kier molecular flexibility index (Phi) is 7.31. The highest BCUT2D eigenvalue weighted by Crippen LogP contribution is 2.26. The smallest absolute Gasteiger partial charge is 0.272 e. The Morgan fingerprint density at radius 3 is 2.38 bits per heavy atom. The third kappa shape index (κ3) is 5.33. The van der Waals surface area contributed by atoms with E-state index in [0.717, 1.165) is 19.3 Å². The molecule has 1 aliphatic rings. The minimum Gasteiger partial charge on any atom is -0.345 e. The van der Waals surface area contributed by atoms with Crippen molar-refractivity contribution in [3.8, 4) is 0 Å². The molecule has 9 nitrogen and oxygen atoms in total. The van der Waals surface area contributed by atoms with Crippen molar-refractivity contribution in [2.24, 2.45) is 7.05 Å². The Hall–Kier alpha value is -2.37. The molecule has 0 unspecified atom stereocenters. The molecule has 11 heteroatoms. The lowest BCUT2D eigenvalue weighted by molar-refractivity contribution is 0.101. The number of aryl methyl sites for hydroxylation is 1. The summed E-state index contributed by atoms with van der Waals surface area (Å²) in [6.07, 6.45) is 4.61. The number of piperidine rings is 1. The number of nitrogens with zero attached hydrogens (tertiary/aromatic N) is 2. The van der Waals surface area contributed by atoms with E-state index in [4.69, 9.17) is 0 Å². The molecule has 1 aromatic carbocycles. The van der Waals surface area contributed by atoms with E-state index in [0.29, 0.717) is 36.4 Å². The monoisotopic (exact) mass is 482 g/mol. The Balaban J connectivity index is 1.82. The van der Waals surface area contributed by atoms with Crippen molar-refractivity contribution in [1.82, 2.24) is 8.87 Å². The summed E-state index contributed by atoms with van der Waals surface area (Å²) in [6.45, 7) is 4.45. The largest absolute Gasteiger partial charge is 0.345 e. The summed E-state index contributed by atoms with van der Waals surface area (Å²) < 4.78 is 55.6. The van der Waals surface area contributed by atoms with Crippen LogP contribution in [0.4, 0.5) is 11.4 Å². The molecule has 1 fully saturated rings. The Bertz CT molecular complexity index is 1200. The molecule has 1 saturated heterocycles. The first kappa shape index (κ1) is 24.3. The topological polar surface area (TPSA) is 118 Å². The second-order valence-corrected chi connectivity index (χ2v) is 11.8. The predicted molar refractivity (Wildman–Crippen MR) is 125 cm³/mol. The summed E-state index contributed by atoms with van der Waals surface area (Å²) in [7, 11) is -5.51. The molecule has 32 heavy (non-hydrogen) atoms. The van der Waals surface area contributed by atoms with Crippen LogP contribution in [0.2, 0.25) is 0 Å². The van der Waals surface area contributed by atoms with Crippen molar-refractivity contribution in [3.05, 3.63) is 41.7 Å². The molecule has 1 aliphatic heterocycles. The molecule has 0 atom stereocenters. The van der Waals surface area contributed by atoms with Gasteiger partial charge in [-0.05, 0) is 49.9 Å². The van der Waals surface area contributed by atoms with Crippen molar-refractivity contribution < 1.29 is 21.6 Å². The molecule has 0 aliphatic carbocycles. The number of benzene rings is 1. The van der Waals surface area contributed by atoms with Gasteiger partial charge in [-0.1, -0.05) is 19.4 Å². The number of sulfonamides is 2. The van der Waals surface area contributed by atoms with Crippen LogP contribution in [-0.4, -0.2) is 50.5 Å². The summed E-state index contributed by atoms with van der Waals surface area (Å²) in [5.74, 6) is -0.482. The van der Waals surface area contributed by atoms with Gasteiger partial charge in [-0.3, -0.25) is 9.52 Å². The van der Waals surface area contributed by atoms with Crippen LogP contribution in [0.5, 0.6) is 0 Å². The number of aromatic nitrogens is 1. The summed E-state index contributed by atoms with van der Waals surface area (Å²) in [4.78, 5) is 13.0. The van der Waals surface area contributed by atoms with Gasteiger partial charge < -0.3 is 9.88 Å². The van der Waals surface area contributed by atoms with E-state index in [1.54, 1.807) is 39.1 Å². The molecule has 1 aromatic heterocycles. The molecule has 1 amide bonds. The quantitative estimate of drug-likeness (QED) is 0.600. The predicted octanol–water partition coefficient (Wildman–Crippen LogP) is 2.91. The highest BCUT2D eigenvalue weighted by Gasteiger charge is 2.28. The summed E-state index contributed by atoms with van der Waals surface area (Å²) in [5, 5.41) is 2.77. The normalized spacial score (nSPS) is 15.5. The number of rotatable bonds is 8. The molecule has 0 radical (unpaired) electrons. The maximum absolute atomic E-state index is 12.9. The standard InChI is InChI=1S/C21H30N4O5S2/c1-4-13-31(27,28)23-19-10-8-9-18(16(19)2)22-21(26)20-14-17(15-24(20)3)32(29,30)25-11-6-5-7-12-25/h8-10,14-15,23H,4-7,11-13H2,1-3H3,(H,22,26). The molecule has 2 aromatic rings. The zero-order valence-corrected chi connectivity index (χ0v) is 20.2. The number of hydrogen-bond donors (Lipinski definition) is 2. The lowest BCUT2D eigenvalue weighted by atomic mass is 10.1. The van der Waals surface area contributed by atoms with Crippen LogP contribution in [0.15, 0.2) is 35.4 Å². The minimum atomic E-state index is -3.65. The Labute approximate surface area is 189 Å². The van der Waals surface area contributed by atoms with Gasteiger partial charge in [0.15, 0.2) is 0 Å². The van der Waals surface area contributed by atoms with Crippen LogP contribution in [0.1, 0.15) is 48.7 Å². The fraction of sp³-hybridized carbons (Fsp3) is 0.476. The van der Waals surface area contributed by atoms with Gasteiger partial charge in [-0.25, -0.2) is 16.8 Å². The maximum atomic E-state index is 12.9. The first-order valence-electron chi connectivity index (χ1n) is 10.6. The van der Waals surface area contributed by atoms with Crippen molar-refractivity contribution >= 4 is 37.3 Å². The van der Waals surface area contributed by atoms with Crippen LogP contribution in [0.3, 0.4) is 0 Å². The molecule has 2 heterocycles. The number of hydrogen-bond acceptors (Lipinski definition) is 5. The highest BCUT2D eigenvalue weighted by molar-refractivity contribution is 7.92. The average Bonchev–Trinajstić information content (AvgIpc) is 3.14. The zero-order valence-electron chi connectivity index (χ0n) is 18.6. The van der Waals surface area contributed by atoms with Gasteiger partial charge in [0, 0.05) is 32.0 Å². The molecule has 0 spiro atoms. The average molecular weight is 483 g/mol. The molecule has 176 valence electrons. The number of amides is 1. The van der Waals surface area contributed by atoms with Crippen LogP contribution >= 0.6 is 0 Å². The van der Waals surface area contributed by atoms with E-state index < -0.39 is 26.0 Å². The third-order valence-corrected chi connectivity index (χ3v) is 8.83. The minimum absolute atomic E-state index is 0.000640. The van der Waals surface area contributed by atoms with Crippen LogP contribution < -0.4 is 10.0 Å². The SMILES string of the molecule is CCCS(=O)(=O)Nc1cccc(NC(=O)c2cc(S(=O)(=O)N3CCCCC3)cn2C)c1C. The fourth-order valence-electron chi connectivity index (χ4n) is 3.71. The van der Waals surface area contributed by atoms with Gasteiger partial charge >= 0.3 is 0 Å². The highest BCUT2D eigenvalue weighted by atomic mass is 32.2. The van der Waals surface area contributed by atoms with Gasteiger partial charge in [-0.15, -0.1) is 0 Å². The summed E-state index contributed by atoms with van der Waals surface area (Å²) in [6, 6.07) is 6.31. The van der Waals surface area contributed by atoms with E-state index in [-0.39, 0.29) is 16.3 Å². The first-order chi connectivity index (χ1) is 15.0. The number of anilines is 2. The van der Waals surface area contributed by atoms with Crippen molar-refractivity contribution in [2.75, 3.05) is 28.9 Å². The van der Waals surface area contributed by atoms with Gasteiger partial charge in [0.25, 0.3) is 5.91 Å². The van der Waals surface area contributed by atoms with Crippen LogP contribution in [0, 0.1) is 6.92 Å². The van der Waals surface area contributed by atoms with E-state index in [9.17, 15) is 21.6 Å². The molecule has 0 saturated carbocycles. The molecule has 3 rings (SSSR count). The second kappa shape index (κ2) is 9.63. The fourth-order valence-corrected chi connectivity index (χ4v) is 6.50. The second-order valence-electron chi connectivity index (χ2n) is 7.99. The van der Waals surface area contributed by atoms with Crippen molar-refractivity contribution in [2.45, 2.75) is 44.4 Å². The van der Waals surface area contributed by atoms with E-state index in [1.165, 1.54) is 21.1 Å². The molecular formula is C21H30N4O5S2. The van der Waals surface area contributed by atoms with Crippen molar-refractivity contribution in [3.63, 3.8) is 0 Å². The maximum Gasteiger partial charge on any atom is 0.272 e. The number of carbonyl (C=O) groups is 1. The lowest BCUT2D eigenvalue weighted by Crippen LogP contribution is -2.35. The first-order valence-corrected chi connectivity index (χ1v) is 13.7. The third-order valence-electron chi connectivity index (χ3n) is 5.49. The Morgan fingerprint density at radius 2 is 1.72 bits per heavy atom. The van der Waals surface area contributed by atoms with Crippen LogP contribution in [-0.2, 0) is 27.1 Å². The number of nitrogens with one attached hydrogen (secondary N) is 2. The molecule has 2 N–H and O–H groups in total. The summed E-state index contributed by atoms with van der Waals surface area (Å²) >= 11 is 0. The van der Waals surface area contributed by atoms with E-state index in [1.807, 2.05) is 0 Å². The molecular weight excluding hydrogens is 452 g/mol. The van der Waals surface area contributed by atoms with Crippen LogP contribution in [0.25, 0.3) is 0 Å². The Morgan fingerprint density at radius 1 is 1.06 bits per heavy atom.